The van der Waals surface area contributed by atoms with Crippen molar-refractivity contribution in [2.75, 3.05) is 7.11 Å². The van der Waals surface area contributed by atoms with Crippen LogP contribution in [0.5, 0.6) is 5.75 Å². The van der Waals surface area contributed by atoms with Crippen molar-refractivity contribution in [1.82, 2.24) is 0 Å². The molecule has 4 fully saturated rings. The fraction of sp³-hybridized carbons (Fsp3) is 0.619. The second-order valence-corrected chi connectivity index (χ2v) is 8.64. The Hall–Kier alpha value is -1.84. The van der Waals surface area contributed by atoms with E-state index in [2.05, 4.69) is 11.2 Å². The van der Waals surface area contributed by atoms with Crippen LogP contribution < -0.4 is 4.74 Å². The van der Waals surface area contributed by atoms with Gasteiger partial charge in [-0.1, -0.05) is 5.16 Å². The van der Waals surface area contributed by atoms with E-state index < -0.39 is 0 Å². The maximum absolute atomic E-state index is 12.9. The van der Waals surface area contributed by atoms with Crippen LogP contribution in [0.1, 0.15) is 56.1 Å². The van der Waals surface area contributed by atoms with Crippen molar-refractivity contribution in [3.8, 4) is 5.75 Å². The molecule has 1 aromatic rings. The highest BCUT2D eigenvalue weighted by atomic mass is 16.7. The lowest BCUT2D eigenvalue weighted by atomic mass is 9.49. The average Bonchev–Trinajstić information content (AvgIpc) is 3.00. The number of nitrogens with zero attached hydrogens (tertiary/aromatic N) is 1. The zero-order chi connectivity index (χ0) is 17.0. The molecule has 0 N–H and O–H groups in total. The fourth-order valence-corrected chi connectivity index (χ4v) is 6.22. The Morgan fingerprint density at radius 3 is 2.40 bits per heavy atom. The fourth-order valence-electron chi connectivity index (χ4n) is 6.22. The molecule has 132 valence electrons. The third kappa shape index (κ3) is 2.49. The first kappa shape index (κ1) is 15.4. The molecule has 5 aliphatic carbocycles. The van der Waals surface area contributed by atoms with Crippen LogP contribution in [0.4, 0.5) is 0 Å². The summed E-state index contributed by atoms with van der Waals surface area (Å²) in [6.45, 7) is 0. The summed E-state index contributed by atoms with van der Waals surface area (Å²) in [5, 5.41) is 4.30. The van der Waals surface area contributed by atoms with Crippen LogP contribution >= 0.6 is 0 Å². The summed E-state index contributed by atoms with van der Waals surface area (Å²) in [5.41, 5.74) is 2.99. The molecule has 4 nitrogen and oxygen atoms in total. The normalized spacial score (nSPS) is 36.5. The molecule has 0 aliphatic heterocycles. The van der Waals surface area contributed by atoms with E-state index in [1.165, 1.54) is 24.8 Å². The molecule has 0 saturated heterocycles. The molecular weight excluding hydrogens is 314 g/mol. The minimum atomic E-state index is -0.236. The van der Waals surface area contributed by atoms with Gasteiger partial charge in [-0.05, 0) is 92.9 Å². The quantitative estimate of drug-likeness (QED) is 0.615. The predicted octanol–water partition coefficient (Wildman–Crippen LogP) is 4.11. The first-order valence-corrected chi connectivity index (χ1v) is 9.61. The van der Waals surface area contributed by atoms with Crippen LogP contribution in [0.2, 0.25) is 0 Å². The number of hydrogen-bond acceptors (Lipinski definition) is 4. The number of aryl methyl sites for hydroxylation is 1. The number of oxime groups is 1. The van der Waals surface area contributed by atoms with Gasteiger partial charge in [0, 0.05) is 5.56 Å². The lowest BCUT2D eigenvalue weighted by Crippen LogP contribution is -2.50. The van der Waals surface area contributed by atoms with Crippen molar-refractivity contribution in [2.45, 2.75) is 51.4 Å². The summed E-state index contributed by atoms with van der Waals surface area (Å²) in [7, 11) is 1.68. The van der Waals surface area contributed by atoms with E-state index in [4.69, 9.17) is 9.57 Å². The minimum Gasteiger partial charge on any atom is -0.497 e. The second kappa shape index (κ2) is 5.58. The number of ether oxygens (including phenoxy) is 1. The molecule has 0 unspecified atom stereocenters. The molecule has 0 aromatic heterocycles. The summed E-state index contributed by atoms with van der Waals surface area (Å²) >= 11 is 0. The molecule has 6 rings (SSSR count). The number of fused-ring (bicyclic) bond motifs is 1. The largest absolute Gasteiger partial charge is 0.497 e. The molecule has 5 aliphatic rings. The van der Waals surface area contributed by atoms with Gasteiger partial charge in [-0.15, -0.1) is 0 Å². The van der Waals surface area contributed by atoms with Crippen molar-refractivity contribution < 1.29 is 14.4 Å². The Balaban J connectivity index is 1.34. The van der Waals surface area contributed by atoms with Crippen LogP contribution in [0, 0.1) is 23.2 Å². The number of hydrogen-bond donors (Lipinski definition) is 0. The zero-order valence-electron chi connectivity index (χ0n) is 14.8. The first-order valence-electron chi connectivity index (χ1n) is 9.61. The number of benzene rings is 1. The topological polar surface area (TPSA) is 47.9 Å². The molecule has 0 spiro atoms. The van der Waals surface area contributed by atoms with Crippen LogP contribution in [0.25, 0.3) is 0 Å². The number of carbonyl (C=O) groups excluding carboxylic acids is 1. The van der Waals surface area contributed by atoms with E-state index >= 15 is 0 Å². The maximum atomic E-state index is 12.9. The van der Waals surface area contributed by atoms with Gasteiger partial charge in [0.05, 0.1) is 18.2 Å². The standard InChI is InChI=1S/C21H25NO3/c1-24-17-3-4-18-16(9-17)2-5-19(18)22-25-20(23)21-10-13-6-14(11-21)8-15(7-13)12-21/h3-4,9,13-15H,2,5-8,10-12H2,1H3. The molecule has 1 aromatic carbocycles. The second-order valence-electron chi connectivity index (χ2n) is 8.64. The Morgan fingerprint density at radius 2 is 1.76 bits per heavy atom. The predicted molar refractivity (Wildman–Crippen MR) is 94.5 cm³/mol. The summed E-state index contributed by atoms with van der Waals surface area (Å²) < 4.78 is 5.29. The van der Waals surface area contributed by atoms with Gasteiger partial charge in [-0.2, -0.15) is 0 Å². The van der Waals surface area contributed by atoms with Crippen LogP contribution in [-0.4, -0.2) is 18.8 Å². The average molecular weight is 339 g/mol. The smallest absolute Gasteiger partial charge is 0.341 e. The Labute approximate surface area is 148 Å². The highest BCUT2D eigenvalue weighted by Crippen LogP contribution is 2.60. The summed E-state index contributed by atoms with van der Waals surface area (Å²) in [6.07, 6.45) is 8.82. The monoisotopic (exact) mass is 339 g/mol. The van der Waals surface area contributed by atoms with Crippen LogP contribution in [-0.2, 0) is 16.1 Å². The van der Waals surface area contributed by atoms with E-state index in [9.17, 15) is 4.79 Å². The van der Waals surface area contributed by atoms with E-state index in [0.29, 0.717) is 0 Å². The van der Waals surface area contributed by atoms with Crippen LogP contribution in [0.3, 0.4) is 0 Å². The van der Waals surface area contributed by atoms with Crippen molar-refractivity contribution in [3.05, 3.63) is 29.3 Å². The lowest BCUT2D eigenvalue weighted by Gasteiger charge is -2.54. The van der Waals surface area contributed by atoms with Crippen molar-refractivity contribution in [2.24, 2.45) is 28.3 Å². The highest BCUT2D eigenvalue weighted by Gasteiger charge is 2.55. The van der Waals surface area contributed by atoms with E-state index in [0.717, 1.165) is 66.9 Å². The SMILES string of the molecule is COc1ccc2c(c1)CCC2=NOC(=O)C12CC3CC(CC(C3)C1)C2. The third-order valence-electron chi connectivity index (χ3n) is 6.96. The van der Waals surface area contributed by atoms with Crippen molar-refractivity contribution in [3.63, 3.8) is 0 Å². The van der Waals surface area contributed by atoms with Gasteiger partial charge >= 0.3 is 5.97 Å². The molecule has 4 bridgehead atoms. The molecule has 4 heteroatoms. The van der Waals surface area contributed by atoms with Gasteiger partial charge in [-0.25, -0.2) is 4.79 Å². The van der Waals surface area contributed by atoms with E-state index in [1.54, 1.807) is 7.11 Å². The van der Waals surface area contributed by atoms with Crippen LogP contribution in [0.15, 0.2) is 23.4 Å². The van der Waals surface area contributed by atoms with Gasteiger partial charge in [-0.3, -0.25) is 0 Å². The van der Waals surface area contributed by atoms with E-state index in [-0.39, 0.29) is 11.4 Å². The summed E-state index contributed by atoms with van der Waals surface area (Å²) in [4.78, 5) is 18.5. The van der Waals surface area contributed by atoms with Crippen molar-refractivity contribution in [1.29, 1.82) is 0 Å². The lowest BCUT2D eigenvalue weighted by molar-refractivity contribution is -0.171. The van der Waals surface area contributed by atoms with Gasteiger partial charge in [0.25, 0.3) is 0 Å². The maximum Gasteiger partial charge on any atom is 0.341 e. The van der Waals surface area contributed by atoms with Gasteiger partial charge < -0.3 is 9.57 Å². The first-order chi connectivity index (χ1) is 12.1. The molecular formula is C21H25NO3. The van der Waals surface area contributed by atoms with Gasteiger partial charge in [0.2, 0.25) is 0 Å². The molecule has 0 atom stereocenters. The number of carbonyl (C=O) groups is 1. The molecule has 0 heterocycles. The summed E-state index contributed by atoms with van der Waals surface area (Å²) in [5.74, 6) is 3.02. The number of methoxy groups -OCH3 is 1. The molecule has 25 heavy (non-hydrogen) atoms. The molecule has 0 amide bonds. The van der Waals surface area contributed by atoms with E-state index in [1.807, 2.05) is 12.1 Å². The third-order valence-corrected chi connectivity index (χ3v) is 6.96. The van der Waals surface area contributed by atoms with Gasteiger partial charge in [0.15, 0.2) is 0 Å². The van der Waals surface area contributed by atoms with Gasteiger partial charge in [0.1, 0.15) is 5.75 Å². The Morgan fingerprint density at radius 1 is 1.08 bits per heavy atom. The molecule has 4 saturated carbocycles. The Kier molecular flexibility index (Phi) is 3.44. The molecule has 0 radical (unpaired) electrons. The van der Waals surface area contributed by atoms with Crippen molar-refractivity contribution >= 4 is 11.7 Å². The highest BCUT2D eigenvalue weighted by molar-refractivity contribution is 6.04. The Bertz CT molecular complexity index is 716. The zero-order valence-corrected chi connectivity index (χ0v) is 14.8. The summed E-state index contributed by atoms with van der Waals surface area (Å²) in [6, 6.07) is 6.03. The number of rotatable bonds is 3. The minimum absolute atomic E-state index is 0.0685.